The van der Waals surface area contributed by atoms with E-state index in [1.165, 1.54) is 48.4 Å². The van der Waals surface area contributed by atoms with E-state index in [4.69, 9.17) is 4.74 Å². The standard InChI is InChI=1S/C38H47N7O7/c1-52-34-19-9-27(10-20-34)21-23-42-22-5-8-33(42)25-43(37(47)41-30-13-17-32(18-14-30)45(50)51)38(24-35(38)28-6-3-2-4-7-28)26-39-36(46)40-29-11-15-31(16-12-29)44(48)49/h9-20,28,33,35H,2-8,21-26H2,1H3,(H,41,47)(H2,39,40,46)/t33-,35?,38?/m0/s1. The third kappa shape index (κ3) is 8.79. The summed E-state index contributed by atoms with van der Waals surface area (Å²) in [7, 11) is 1.65. The van der Waals surface area contributed by atoms with Gasteiger partial charge in [0.05, 0.1) is 22.5 Å². The molecule has 3 aliphatic rings. The molecule has 3 atom stereocenters. The number of carbonyl (C=O) groups excluding carboxylic acids is 2. The van der Waals surface area contributed by atoms with Crippen molar-refractivity contribution in [2.75, 3.05) is 43.9 Å². The van der Waals surface area contributed by atoms with Crippen LogP contribution in [-0.2, 0) is 6.42 Å². The molecule has 1 aliphatic heterocycles. The molecule has 2 aliphatic carbocycles. The molecule has 6 rings (SSSR count). The van der Waals surface area contributed by atoms with Crippen molar-refractivity contribution in [2.45, 2.75) is 69.4 Å². The summed E-state index contributed by atoms with van der Waals surface area (Å²) in [4.78, 5) is 53.5. The number of non-ortho nitro benzene ring substituents is 2. The van der Waals surface area contributed by atoms with Crippen LogP contribution in [0.1, 0.15) is 56.9 Å². The van der Waals surface area contributed by atoms with Crippen LogP contribution in [0.3, 0.4) is 0 Å². The summed E-state index contributed by atoms with van der Waals surface area (Å²) >= 11 is 0. The van der Waals surface area contributed by atoms with Crippen LogP contribution >= 0.6 is 0 Å². The Morgan fingerprint density at radius 1 is 0.846 bits per heavy atom. The first-order valence-corrected chi connectivity index (χ1v) is 18.1. The number of benzene rings is 3. The third-order valence-electron chi connectivity index (χ3n) is 11.1. The molecule has 3 aromatic carbocycles. The molecule has 1 saturated heterocycles. The number of nitro groups is 2. The SMILES string of the molecule is COc1ccc(CCN2CCC[C@H]2CN(C(=O)Nc2ccc([N+](=O)[O-])cc2)C2(CNC(=O)Nc3ccc([N+](=O)[O-])cc3)CC2C2CCCCC2)cc1. The maximum Gasteiger partial charge on any atom is 0.322 e. The van der Waals surface area contributed by atoms with E-state index in [1.54, 1.807) is 19.2 Å². The van der Waals surface area contributed by atoms with Gasteiger partial charge < -0.3 is 25.6 Å². The summed E-state index contributed by atoms with van der Waals surface area (Å²) in [6, 6.07) is 18.9. The summed E-state index contributed by atoms with van der Waals surface area (Å²) in [6.45, 7) is 2.47. The molecule has 0 spiro atoms. The Bertz CT molecular complexity index is 1710. The first kappa shape index (κ1) is 36.5. The van der Waals surface area contributed by atoms with Gasteiger partial charge in [0.2, 0.25) is 0 Å². The molecule has 3 aromatic rings. The molecular weight excluding hydrogens is 666 g/mol. The second kappa shape index (κ2) is 16.4. The number of hydrogen-bond acceptors (Lipinski definition) is 8. The average molecular weight is 714 g/mol. The molecule has 1 heterocycles. The minimum Gasteiger partial charge on any atom is -0.497 e. The smallest absolute Gasteiger partial charge is 0.322 e. The molecule has 52 heavy (non-hydrogen) atoms. The normalized spacial score (nSPS) is 21.6. The molecule has 3 fully saturated rings. The Balaban J connectivity index is 1.23. The highest BCUT2D eigenvalue weighted by Crippen LogP contribution is 2.56. The highest BCUT2D eigenvalue weighted by atomic mass is 16.6. The number of rotatable bonds is 14. The lowest BCUT2D eigenvalue weighted by Crippen LogP contribution is -2.56. The topological polar surface area (TPSA) is 172 Å². The predicted octanol–water partition coefficient (Wildman–Crippen LogP) is 7.21. The van der Waals surface area contributed by atoms with Crippen LogP contribution in [0.4, 0.5) is 32.3 Å². The molecule has 14 nitrogen and oxygen atoms in total. The molecule has 0 radical (unpaired) electrons. The summed E-state index contributed by atoms with van der Waals surface area (Å²) in [6.07, 6.45) is 9.19. The van der Waals surface area contributed by atoms with Crippen molar-refractivity contribution in [2.24, 2.45) is 11.8 Å². The Labute approximate surface area is 303 Å². The average Bonchev–Trinajstić information content (AvgIpc) is 3.72. The minimum atomic E-state index is -0.635. The number of hydrogen-bond donors (Lipinski definition) is 3. The number of nitrogens with one attached hydrogen (secondary N) is 3. The minimum absolute atomic E-state index is 0.0624. The summed E-state index contributed by atoms with van der Waals surface area (Å²) < 4.78 is 5.32. The van der Waals surface area contributed by atoms with E-state index in [0.717, 1.165) is 70.2 Å². The van der Waals surface area contributed by atoms with Crippen molar-refractivity contribution < 1.29 is 24.2 Å². The Morgan fingerprint density at radius 3 is 2.06 bits per heavy atom. The molecule has 3 N–H and O–H groups in total. The van der Waals surface area contributed by atoms with E-state index < -0.39 is 21.4 Å². The molecule has 276 valence electrons. The summed E-state index contributed by atoms with van der Waals surface area (Å²) in [5.74, 6) is 1.44. The van der Waals surface area contributed by atoms with E-state index in [-0.39, 0.29) is 35.9 Å². The number of nitrogens with zero attached hydrogens (tertiary/aromatic N) is 4. The zero-order valence-corrected chi connectivity index (χ0v) is 29.5. The number of anilines is 2. The molecule has 2 unspecified atom stereocenters. The number of carbonyl (C=O) groups is 2. The Hall–Kier alpha value is -5.24. The Kier molecular flexibility index (Phi) is 11.5. The molecule has 2 saturated carbocycles. The lowest BCUT2D eigenvalue weighted by Gasteiger charge is -2.39. The number of amides is 4. The van der Waals surface area contributed by atoms with Gasteiger partial charge in [0.15, 0.2) is 0 Å². The molecule has 0 aromatic heterocycles. The van der Waals surface area contributed by atoms with Crippen molar-refractivity contribution in [3.63, 3.8) is 0 Å². The number of likely N-dealkylation sites (tertiary alicyclic amines) is 1. The number of nitro benzene ring substituents is 2. The maximum atomic E-state index is 14.5. The van der Waals surface area contributed by atoms with Gasteiger partial charge in [-0.05, 0) is 86.0 Å². The van der Waals surface area contributed by atoms with Crippen molar-refractivity contribution >= 4 is 34.8 Å². The van der Waals surface area contributed by atoms with E-state index >= 15 is 0 Å². The lowest BCUT2D eigenvalue weighted by molar-refractivity contribution is -0.385. The van der Waals surface area contributed by atoms with Crippen molar-refractivity contribution in [1.82, 2.24) is 15.1 Å². The quantitative estimate of drug-likeness (QED) is 0.116. The van der Waals surface area contributed by atoms with Gasteiger partial charge in [0.25, 0.3) is 11.4 Å². The zero-order valence-electron chi connectivity index (χ0n) is 29.5. The number of methoxy groups -OCH3 is 1. The van der Waals surface area contributed by atoms with Crippen LogP contribution < -0.4 is 20.7 Å². The maximum absolute atomic E-state index is 14.5. The fourth-order valence-corrected chi connectivity index (χ4v) is 8.14. The number of ether oxygens (including phenoxy) is 1. The van der Waals surface area contributed by atoms with E-state index in [0.29, 0.717) is 23.8 Å². The van der Waals surface area contributed by atoms with Crippen molar-refractivity contribution in [3.05, 3.63) is 98.6 Å². The zero-order chi connectivity index (χ0) is 36.7. The molecule has 14 heteroatoms. The van der Waals surface area contributed by atoms with E-state index in [2.05, 4.69) is 33.0 Å². The summed E-state index contributed by atoms with van der Waals surface area (Å²) in [5, 5.41) is 31.2. The molecule has 4 amide bonds. The highest BCUT2D eigenvalue weighted by Gasteiger charge is 2.62. The molecule has 0 bridgehead atoms. The fraction of sp³-hybridized carbons (Fsp3) is 0.474. The van der Waals surface area contributed by atoms with Gasteiger partial charge in [-0.2, -0.15) is 0 Å². The van der Waals surface area contributed by atoms with Gasteiger partial charge in [-0.1, -0.05) is 44.2 Å². The van der Waals surface area contributed by atoms with Crippen LogP contribution in [0.5, 0.6) is 5.75 Å². The highest BCUT2D eigenvalue weighted by molar-refractivity contribution is 5.91. The van der Waals surface area contributed by atoms with Crippen LogP contribution in [0.25, 0.3) is 0 Å². The summed E-state index contributed by atoms with van der Waals surface area (Å²) in [5.41, 5.74) is 1.31. The first-order chi connectivity index (χ1) is 25.1. The van der Waals surface area contributed by atoms with Gasteiger partial charge >= 0.3 is 12.1 Å². The number of urea groups is 2. The monoisotopic (exact) mass is 713 g/mol. The second-order valence-corrected chi connectivity index (χ2v) is 14.2. The Morgan fingerprint density at radius 2 is 1.46 bits per heavy atom. The van der Waals surface area contributed by atoms with Crippen LogP contribution in [-0.4, -0.2) is 76.6 Å². The largest absolute Gasteiger partial charge is 0.497 e. The van der Waals surface area contributed by atoms with Gasteiger partial charge in [-0.15, -0.1) is 0 Å². The van der Waals surface area contributed by atoms with Crippen LogP contribution in [0.15, 0.2) is 72.8 Å². The van der Waals surface area contributed by atoms with E-state index in [9.17, 15) is 29.8 Å². The van der Waals surface area contributed by atoms with E-state index in [1.807, 2.05) is 17.0 Å². The van der Waals surface area contributed by atoms with Crippen molar-refractivity contribution in [3.8, 4) is 5.75 Å². The van der Waals surface area contributed by atoms with Gasteiger partial charge in [-0.3, -0.25) is 25.1 Å². The molecular formula is C38H47N7O7. The second-order valence-electron chi connectivity index (χ2n) is 14.2. The van der Waals surface area contributed by atoms with Gasteiger partial charge in [-0.25, -0.2) is 9.59 Å². The van der Waals surface area contributed by atoms with Crippen LogP contribution in [0.2, 0.25) is 0 Å². The van der Waals surface area contributed by atoms with Crippen molar-refractivity contribution in [1.29, 1.82) is 0 Å². The lowest BCUT2D eigenvalue weighted by atomic mass is 9.84. The first-order valence-electron chi connectivity index (χ1n) is 18.1. The van der Waals surface area contributed by atoms with Crippen LogP contribution in [0, 0.1) is 32.1 Å². The fourth-order valence-electron chi connectivity index (χ4n) is 8.14. The predicted molar refractivity (Wildman–Crippen MR) is 198 cm³/mol. The van der Waals surface area contributed by atoms with Gasteiger partial charge in [0.1, 0.15) is 5.75 Å². The third-order valence-corrected chi connectivity index (χ3v) is 11.1. The van der Waals surface area contributed by atoms with Gasteiger partial charge in [0, 0.05) is 61.3 Å².